The smallest absolute Gasteiger partial charge is 0.127 e. The number of nitrogens with one attached hydrogen (secondary N) is 1. The molecular weight excluding hydrogens is 251 g/mol. The van der Waals surface area contributed by atoms with Crippen LogP contribution in [0, 0.1) is 5.82 Å². The topological polar surface area (TPSA) is 15.3 Å². The second-order valence-electron chi connectivity index (χ2n) is 6.08. The Hall–Kier alpha value is -0.930. The Balaban J connectivity index is 1.79. The molecule has 0 saturated heterocycles. The summed E-state index contributed by atoms with van der Waals surface area (Å²) >= 11 is 0. The molecule has 112 valence electrons. The van der Waals surface area contributed by atoms with Crippen molar-refractivity contribution in [3.8, 4) is 0 Å². The predicted molar refractivity (Wildman–Crippen MR) is 82.3 cm³/mol. The second kappa shape index (κ2) is 7.19. The van der Waals surface area contributed by atoms with Crippen LogP contribution in [0.25, 0.3) is 0 Å². The summed E-state index contributed by atoms with van der Waals surface area (Å²) < 4.78 is 13.8. The molecule has 1 N–H and O–H groups in total. The lowest BCUT2D eigenvalue weighted by atomic mass is 10.0. The van der Waals surface area contributed by atoms with Gasteiger partial charge in [0.2, 0.25) is 0 Å². The van der Waals surface area contributed by atoms with Crippen molar-refractivity contribution in [2.24, 2.45) is 0 Å². The van der Waals surface area contributed by atoms with E-state index in [9.17, 15) is 4.39 Å². The zero-order valence-corrected chi connectivity index (χ0v) is 12.9. The highest BCUT2D eigenvalue weighted by Crippen LogP contribution is 2.24. The molecule has 0 spiro atoms. The number of hydrogen-bond donors (Lipinski definition) is 1. The largest absolute Gasteiger partial charge is 0.314 e. The summed E-state index contributed by atoms with van der Waals surface area (Å²) in [6.07, 6.45) is 5.03. The lowest BCUT2D eigenvalue weighted by molar-refractivity contribution is 0.183. The molecule has 0 heterocycles. The third-order valence-corrected chi connectivity index (χ3v) is 4.47. The molecule has 0 aliphatic heterocycles. The average molecular weight is 278 g/mol. The fraction of sp³-hybridized carbons (Fsp3) is 0.647. The van der Waals surface area contributed by atoms with Crippen molar-refractivity contribution >= 4 is 0 Å². The van der Waals surface area contributed by atoms with Gasteiger partial charge in [0.15, 0.2) is 0 Å². The van der Waals surface area contributed by atoms with Gasteiger partial charge in [-0.25, -0.2) is 4.39 Å². The van der Waals surface area contributed by atoms with Crippen molar-refractivity contribution in [2.45, 2.75) is 57.7 Å². The van der Waals surface area contributed by atoms with E-state index in [1.54, 1.807) is 12.1 Å². The first-order valence-corrected chi connectivity index (χ1v) is 7.79. The maximum atomic E-state index is 13.8. The van der Waals surface area contributed by atoms with Gasteiger partial charge in [-0.2, -0.15) is 0 Å². The summed E-state index contributed by atoms with van der Waals surface area (Å²) in [6.45, 7) is 5.42. The highest BCUT2D eigenvalue weighted by molar-refractivity contribution is 5.20. The summed E-state index contributed by atoms with van der Waals surface area (Å²) in [6, 6.07) is 8.46. The molecule has 2 unspecified atom stereocenters. The molecule has 20 heavy (non-hydrogen) atoms. The van der Waals surface area contributed by atoms with Gasteiger partial charge in [-0.15, -0.1) is 0 Å². The van der Waals surface area contributed by atoms with Crippen LogP contribution in [-0.2, 0) is 0 Å². The summed E-state index contributed by atoms with van der Waals surface area (Å²) in [5.74, 6) is -0.102. The molecule has 1 aliphatic carbocycles. The monoisotopic (exact) mass is 278 g/mol. The molecule has 3 heteroatoms. The summed E-state index contributed by atoms with van der Waals surface area (Å²) in [5, 5.41) is 3.54. The quantitative estimate of drug-likeness (QED) is 0.729. The average Bonchev–Trinajstić information content (AvgIpc) is 3.26. The Morgan fingerprint density at radius 3 is 2.65 bits per heavy atom. The van der Waals surface area contributed by atoms with Gasteiger partial charge in [-0.3, -0.25) is 4.90 Å². The van der Waals surface area contributed by atoms with Gasteiger partial charge in [0.05, 0.1) is 0 Å². The molecule has 0 aromatic heterocycles. The van der Waals surface area contributed by atoms with Gasteiger partial charge >= 0.3 is 0 Å². The van der Waals surface area contributed by atoms with Crippen molar-refractivity contribution in [1.82, 2.24) is 10.2 Å². The normalized spacial score (nSPS) is 18.2. The Labute approximate surface area is 122 Å². The Morgan fingerprint density at radius 1 is 1.30 bits per heavy atom. The highest BCUT2D eigenvalue weighted by atomic mass is 19.1. The van der Waals surface area contributed by atoms with Crippen LogP contribution in [0.5, 0.6) is 0 Å². The number of hydrogen-bond acceptors (Lipinski definition) is 2. The maximum Gasteiger partial charge on any atom is 0.127 e. The minimum absolute atomic E-state index is 0.102. The number of rotatable bonds is 8. The van der Waals surface area contributed by atoms with Crippen molar-refractivity contribution in [1.29, 1.82) is 0 Å². The first-order chi connectivity index (χ1) is 9.59. The summed E-state index contributed by atoms with van der Waals surface area (Å²) in [7, 11) is 2.09. The van der Waals surface area contributed by atoms with Crippen LogP contribution in [0.4, 0.5) is 4.39 Å². The Kier molecular flexibility index (Phi) is 5.55. The summed E-state index contributed by atoms with van der Waals surface area (Å²) in [5.41, 5.74) is 0.790. The van der Waals surface area contributed by atoms with Gasteiger partial charge in [-0.05, 0) is 59.2 Å². The molecule has 1 saturated carbocycles. The number of benzene rings is 1. The molecular formula is C17H27FN2. The minimum atomic E-state index is -0.102. The van der Waals surface area contributed by atoms with Gasteiger partial charge in [-0.1, -0.05) is 18.2 Å². The van der Waals surface area contributed by atoms with Crippen LogP contribution in [0.3, 0.4) is 0 Å². The van der Waals surface area contributed by atoms with Crippen LogP contribution in [0.15, 0.2) is 24.3 Å². The lowest BCUT2D eigenvalue weighted by Crippen LogP contribution is -2.33. The zero-order chi connectivity index (χ0) is 14.5. The molecule has 1 aromatic rings. The fourth-order valence-corrected chi connectivity index (χ4v) is 2.61. The van der Waals surface area contributed by atoms with Crippen molar-refractivity contribution in [2.75, 3.05) is 13.6 Å². The molecule has 1 aliphatic rings. The summed E-state index contributed by atoms with van der Waals surface area (Å²) in [4.78, 5) is 2.27. The van der Waals surface area contributed by atoms with Crippen LogP contribution >= 0.6 is 0 Å². The third-order valence-electron chi connectivity index (χ3n) is 4.47. The van der Waals surface area contributed by atoms with Gasteiger partial charge in [0, 0.05) is 23.7 Å². The standard InChI is InChI=1S/C17H27FN2/c1-13(7-6-12-19-15-10-11-15)20(3)14(2)16-8-4-5-9-17(16)18/h4-5,8-9,13-15,19H,6-7,10-12H2,1-3H3. The van der Waals surface area contributed by atoms with Crippen LogP contribution in [-0.4, -0.2) is 30.6 Å². The first-order valence-electron chi connectivity index (χ1n) is 7.79. The number of nitrogens with zero attached hydrogens (tertiary/aromatic N) is 1. The van der Waals surface area contributed by atoms with E-state index < -0.39 is 0 Å². The van der Waals surface area contributed by atoms with Crippen LogP contribution in [0.1, 0.15) is 51.1 Å². The molecule has 0 amide bonds. The predicted octanol–water partition coefficient (Wildman–Crippen LogP) is 3.74. The maximum absolute atomic E-state index is 13.8. The van der Waals surface area contributed by atoms with Crippen LogP contribution < -0.4 is 5.32 Å². The van der Waals surface area contributed by atoms with Crippen LogP contribution in [0.2, 0.25) is 0 Å². The first kappa shape index (κ1) is 15.5. The molecule has 1 aromatic carbocycles. The van der Waals surface area contributed by atoms with Crippen molar-refractivity contribution < 1.29 is 4.39 Å². The molecule has 2 nitrogen and oxygen atoms in total. The molecule has 2 rings (SSSR count). The SMILES string of the molecule is CC(CCCNC1CC1)N(C)C(C)c1ccccc1F. The number of halogens is 1. The van der Waals surface area contributed by atoms with Crippen molar-refractivity contribution in [3.05, 3.63) is 35.6 Å². The van der Waals surface area contributed by atoms with E-state index in [1.807, 2.05) is 12.1 Å². The molecule has 1 fully saturated rings. The van der Waals surface area contributed by atoms with E-state index in [0.29, 0.717) is 6.04 Å². The minimum Gasteiger partial charge on any atom is -0.314 e. The molecule has 0 bridgehead atoms. The zero-order valence-electron chi connectivity index (χ0n) is 12.9. The van der Waals surface area contributed by atoms with Crippen molar-refractivity contribution in [3.63, 3.8) is 0 Å². The fourth-order valence-electron chi connectivity index (χ4n) is 2.61. The van der Waals surface area contributed by atoms with E-state index >= 15 is 0 Å². The van der Waals surface area contributed by atoms with E-state index in [-0.39, 0.29) is 11.9 Å². The lowest BCUT2D eigenvalue weighted by Gasteiger charge is -2.31. The van der Waals surface area contributed by atoms with Gasteiger partial charge < -0.3 is 5.32 Å². The second-order valence-corrected chi connectivity index (χ2v) is 6.08. The Bertz CT molecular complexity index is 417. The van der Waals surface area contributed by atoms with E-state index in [1.165, 1.54) is 19.3 Å². The van der Waals surface area contributed by atoms with Gasteiger partial charge in [0.25, 0.3) is 0 Å². The highest BCUT2D eigenvalue weighted by Gasteiger charge is 2.21. The van der Waals surface area contributed by atoms with Gasteiger partial charge in [0.1, 0.15) is 5.82 Å². The third kappa shape index (κ3) is 4.29. The van der Waals surface area contributed by atoms with E-state index in [0.717, 1.165) is 24.6 Å². The Morgan fingerprint density at radius 2 is 2.00 bits per heavy atom. The van der Waals surface area contributed by atoms with E-state index in [2.05, 4.69) is 31.1 Å². The van der Waals surface area contributed by atoms with E-state index in [4.69, 9.17) is 0 Å². The molecule has 0 radical (unpaired) electrons. The molecule has 2 atom stereocenters.